The van der Waals surface area contributed by atoms with Crippen molar-refractivity contribution >= 4 is 16.9 Å². The molecule has 0 atom stereocenters. The minimum absolute atomic E-state index is 0.377. The summed E-state index contributed by atoms with van der Waals surface area (Å²) in [5.41, 5.74) is 2.96. The van der Waals surface area contributed by atoms with Gasteiger partial charge in [-0.3, -0.25) is 0 Å². The van der Waals surface area contributed by atoms with Crippen molar-refractivity contribution in [3.63, 3.8) is 0 Å². The zero-order chi connectivity index (χ0) is 13.4. The van der Waals surface area contributed by atoms with Crippen LogP contribution in [-0.4, -0.2) is 13.1 Å². The Morgan fingerprint density at radius 3 is 2.44 bits per heavy atom. The van der Waals surface area contributed by atoms with E-state index < -0.39 is 0 Å². The largest absolute Gasteiger partial charge is 0.465 e. The molecule has 0 saturated carbocycles. The highest BCUT2D eigenvalue weighted by molar-refractivity contribution is 5.99. The Labute approximate surface area is 104 Å². The summed E-state index contributed by atoms with van der Waals surface area (Å²) in [6.45, 7) is 5.44. The fourth-order valence-electron chi connectivity index (χ4n) is 2.32. The number of rotatable bonds is 1. The lowest BCUT2D eigenvalue weighted by Crippen LogP contribution is -2.08. The molecule has 0 amide bonds. The average Bonchev–Trinajstić information content (AvgIpc) is 2.26. The molecule has 1 aromatic heterocycles. The molecule has 0 saturated heterocycles. The van der Waals surface area contributed by atoms with Crippen molar-refractivity contribution in [2.45, 2.75) is 20.8 Å². The Bertz CT molecular complexity index is 695. The summed E-state index contributed by atoms with van der Waals surface area (Å²) in [4.78, 5) is 23.1. The van der Waals surface area contributed by atoms with E-state index >= 15 is 0 Å². The minimum atomic E-state index is -0.385. The van der Waals surface area contributed by atoms with E-state index in [-0.39, 0.29) is 11.6 Å². The molecular weight excluding hydrogens is 232 g/mol. The van der Waals surface area contributed by atoms with Gasteiger partial charge in [-0.1, -0.05) is 0 Å². The molecule has 1 aromatic carbocycles. The van der Waals surface area contributed by atoms with Crippen LogP contribution in [0.5, 0.6) is 0 Å². The molecule has 2 rings (SSSR count). The smallest absolute Gasteiger partial charge is 0.338 e. The average molecular weight is 246 g/mol. The van der Waals surface area contributed by atoms with Crippen LogP contribution < -0.4 is 5.63 Å². The molecule has 1 heterocycles. The fourth-order valence-corrected chi connectivity index (χ4v) is 2.32. The fraction of sp³-hybridized carbons (Fsp3) is 0.286. The van der Waals surface area contributed by atoms with E-state index in [0.29, 0.717) is 11.1 Å². The normalized spacial score (nSPS) is 10.7. The predicted molar refractivity (Wildman–Crippen MR) is 68.0 cm³/mol. The molecule has 0 aliphatic rings. The van der Waals surface area contributed by atoms with Crippen LogP contribution in [0.3, 0.4) is 0 Å². The predicted octanol–water partition coefficient (Wildman–Crippen LogP) is 2.50. The Morgan fingerprint density at radius 2 is 1.83 bits per heavy atom. The van der Waals surface area contributed by atoms with Gasteiger partial charge >= 0.3 is 11.6 Å². The molecule has 18 heavy (non-hydrogen) atoms. The molecule has 0 bridgehead atoms. The lowest BCUT2D eigenvalue weighted by atomic mass is 9.96. The first-order chi connectivity index (χ1) is 8.45. The van der Waals surface area contributed by atoms with Gasteiger partial charge < -0.3 is 9.15 Å². The summed E-state index contributed by atoms with van der Waals surface area (Å²) in [5, 5.41) is 0.792. The van der Waals surface area contributed by atoms with Crippen molar-refractivity contribution in [3.05, 3.63) is 44.8 Å². The minimum Gasteiger partial charge on any atom is -0.465 e. The SMILES string of the molecule is COC(=O)c1c(C)cc2oc(=O)cc(C)c2c1C. The number of ether oxygens (including phenoxy) is 1. The third-order valence-electron chi connectivity index (χ3n) is 3.07. The topological polar surface area (TPSA) is 56.5 Å². The second-order valence-corrected chi connectivity index (χ2v) is 4.31. The highest BCUT2D eigenvalue weighted by Gasteiger charge is 2.17. The summed E-state index contributed by atoms with van der Waals surface area (Å²) in [5.74, 6) is -0.377. The molecular formula is C14H14O4. The monoisotopic (exact) mass is 246 g/mol. The molecule has 0 unspecified atom stereocenters. The number of aryl methyl sites for hydroxylation is 3. The molecule has 0 fully saturated rings. The molecule has 0 N–H and O–H groups in total. The zero-order valence-electron chi connectivity index (χ0n) is 10.8. The van der Waals surface area contributed by atoms with E-state index in [2.05, 4.69) is 0 Å². The number of benzene rings is 1. The van der Waals surface area contributed by atoms with Gasteiger partial charge in [-0.25, -0.2) is 9.59 Å². The first kappa shape index (κ1) is 12.4. The molecule has 0 aliphatic heterocycles. The van der Waals surface area contributed by atoms with Crippen molar-refractivity contribution in [1.29, 1.82) is 0 Å². The first-order valence-corrected chi connectivity index (χ1v) is 5.58. The number of esters is 1. The summed E-state index contributed by atoms with van der Waals surface area (Å²) in [7, 11) is 1.35. The van der Waals surface area contributed by atoms with Gasteiger partial charge in [-0.2, -0.15) is 0 Å². The number of hydrogen-bond acceptors (Lipinski definition) is 4. The van der Waals surface area contributed by atoms with Gasteiger partial charge in [0, 0.05) is 11.5 Å². The summed E-state index contributed by atoms with van der Waals surface area (Å²) in [6, 6.07) is 3.12. The molecule has 0 aliphatic carbocycles. The van der Waals surface area contributed by atoms with Crippen LogP contribution in [-0.2, 0) is 4.74 Å². The number of fused-ring (bicyclic) bond motifs is 1. The van der Waals surface area contributed by atoms with Crippen LogP contribution >= 0.6 is 0 Å². The van der Waals surface area contributed by atoms with Crippen molar-refractivity contribution in [2.24, 2.45) is 0 Å². The van der Waals surface area contributed by atoms with Crippen molar-refractivity contribution in [3.8, 4) is 0 Å². The standard InChI is InChI=1S/C14H14O4/c1-7-5-10-12(8(2)6-11(15)18-10)9(3)13(7)14(16)17-4/h5-6H,1-4H3. The summed E-state index contributed by atoms with van der Waals surface area (Å²) < 4.78 is 9.94. The zero-order valence-corrected chi connectivity index (χ0v) is 10.8. The lowest BCUT2D eigenvalue weighted by Gasteiger charge is -2.11. The van der Waals surface area contributed by atoms with Gasteiger partial charge in [-0.15, -0.1) is 0 Å². The van der Waals surface area contributed by atoms with Crippen LogP contribution in [0.1, 0.15) is 27.0 Å². The third kappa shape index (κ3) is 1.79. The maximum absolute atomic E-state index is 11.8. The van der Waals surface area contributed by atoms with Crippen molar-refractivity contribution in [1.82, 2.24) is 0 Å². The summed E-state index contributed by atoms with van der Waals surface area (Å²) >= 11 is 0. The highest BCUT2D eigenvalue weighted by Crippen LogP contribution is 2.27. The Morgan fingerprint density at radius 1 is 1.17 bits per heavy atom. The lowest BCUT2D eigenvalue weighted by molar-refractivity contribution is 0.0599. The summed E-state index contributed by atoms with van der Waals surface area (Å²) in [6.07, 6.45) is 0. The quantitative estimate of drug-likeness (QED) is 0.573. The van der Waals surface area contributed by atoms with Crippen LogP contribution in [0.2, 0.25) is 0 Å². The second-order valence-electron chi connectivity index (χ2n) is 4.31. The van der Waals surface area contributed by atoms with Gasteiger partial charge in [-0.05, 0) is 43.5 Å². The third-order valence-corrected chi connectivity index (χ3v) is 3.07. The van der Waals surface area contributed by atoms with E-state index in [1.807, 2.05) is 13.8 Å². The van der Waals surface area contributed by atoms with Crippen LogP contribution in [0.4, 0.5) is 0 Å². The molecule has 0 spiro atoms. The Kier molecular flexibility index (Phi) is 2.95. The van der Waals surface area contributed by atoms with E-state index in [1.54, 1.807) is 13.0 Å². The van der Waals surface area contributed by atoms with Gasteiger partial charge in [0.05, 0.1) is 12.7 Å². The number of methoxy groups -OCH3 is 1. The van der Waals surface area contributed by atoms with Gasteiger partial charge in [0.2, 0.25) is 0 Å². The molecule has 4 nitrogen and oxygen atoms in total. The van der Waals surface area contributed by atoms with Crippen LogP contribution in [0.25, 0.3) is 11.0 Å². The van der Waals surface area contributed by atoms with Crippen LogP contribution in [0, 0.1) is 20.8 Å². The van der Waals surface area contributed by atoms with E-state index in [4.69, 9.17) is 9.15 Å². The van der Waals surface area contributed by atoms with Gasteiger partial charge in [0.1, 0.15) is 5.58 Å². The molecule has 4 heteroatoms. The second kappa shape index (κ2) is 4.29. The van der Waals surface area contributed by atoms with E-state index in [9.17, 15) is 9.59 Å². The van der Waals surface area contributed by atoms with Crippen LogP contribution in [0.15, 0.2) is 21.3 Å². The Balaban J connectivity index is 2.94. The molecule has 94 valence electrons. The maximum atomic E-state index is 11.8. The number of carbonyl (C=O) groups excluding carboxylic acids is 1. The molecule has 2 aromatic rings. The first-order valence-electron chi connectivity index (χ1n) is 5.58. The van der Waals surface area contributed by atoms with Crippen molar-refractivity contribution in [2.75, 3.05) is 7.11 Å². The van der Waals surface area contributed by atoms with Gasteiger partial charge in [0.15, 0.2) is 0 Å². The Hall–Kier alpha value is -2.10. The number of carbonyl (C=O) groups is 1. The number of hydrogen-bond donors (Lipinski definition) is 0. The maximum Gasteiger partial charge on any atom is 0.338 e. The van der Waals surface area contributed by atoms with E-state index in [1.165, 1.54) is 13.2 Å². The van der Waals surface area contributed by atoms with Gasteiger partial charge in [0.25, 0.3) is 0 Å². The van der Waals surface area contributed by atoms with E-state index in [0.717, 1.165) is 22.1 Å². The molecule has 0 radical (unpaired) electrons. The highest BCUT2D eigenvalue weighted by atomic mass is 16.5. The van der Waals surface area contributed by atoms with Crippen molar-refractivity contribution < 1.29 is 13.9 Å².